The highest BCUT2D eigenvalue weighted by Crippen LogP contribution is 2.21. The third-order valence-corrected chi connectivity index (χ3v) is 4.99. The van der Waals surface area contributed by atoms with Crippen LogP contribution < -0.4 is 10.9 Å². The van der Waals surface area contributed by atoms with Gasteiger partial charge in [-0.25, -0.2) is 15.0 Å². The lowest BCUT2D eigenvalue weighted by Crippen LogP contribution is -2.21. The van der Waals surface area contributed by atoms with Crippen molar-refractivity contribution in [3.8, 4) is 0 Å². The number of benzene rings is 1. The molecule has 2 N–H and O–H groups in total. The fourth-order valence-electron chi connectivity index (χ4n) is 3.53. The molecule has 27 heavy (non-hydrogen) atoms. The SMILES string of the molecule is Cc1nc2c(c(NCCc3nc4ccccc4c(=O)[nH]3)n1)CCN(C)CC2. The first-order chi connectivity index (χ1) is 13.1. The third kappa shape index (κ3) is 3.83. The van der Waals surface area contributed by atoms with E-state index >= 15 is 0 Å². The average molecular weight is 364 g/mol. The molecule has 0 unspecified atom stereocenters. The van der Waals surface area contributed by atoms with Gasteiger partial charge in [0.15, 0.2) is 0 Å². The highest BCUT2D eigenvalue weighted by atomic mass is 16.1. The Kier molecular flexibility index (Phi) is 4.85. The zero-order valence-corrected chi connectivity index (χ0v) is 15.7. The Hall–Kier alpha value is -2.80. The highest BCUT2D eigenvalue weighted by Gasteiger charge is 2.17. The van der Waals surface area contributed by atoms with Crippen molar-refractivity contribution < 1.29 is 0 Å². The Morgan fingerprint density at radius 1 is 1.15 bits per heavy atom. The number of anilines is 1. The van der Waals surface area contributed by atoms with E-state index in [1.54, 1.807) is 6.07 Å². The number of nitrogens with zero attached hydrogens (tertiary/aromatic N) is 4. The van der Waals surface area contributed by atoms with Crippen LogP contribution in [0.3, 0.4) is 0 Å². The minimum absolute atomic E-state index is 0.0922. The number of aromatic nitrogens is 4. The number of aromatic amines is 1. The second-order valence-electron chi connectivity index (χ2n) is 7.05. The first-order valence-corrected chi connectivity index (χ1v) is 9.37. The van der Waals surface area contributed by atoms with Crippen LogP contribution in [0.25, 0.3) is 10.9 Å². The van der Waals surface area contributed by atoms with Crippen LogP contribution in [0.5, 0.6) is 0 Å². The van der Waals surface area contributed by atoms with Crippen molar-refractivity contribution in [1.82, 2.24) is 24.8 Å². The summed E-state index contributed by atoms with van der Waals surface area (Å²) in [6.45, 7) is 4.61. The summed E-state index contributed by atoms with van der Waals surface area (Å²) in [7, 11) is 2.14. The fourth-order valence-corrected chi connectivity index (χ4v) is 3.53. The average Bonchev–Trinajstić information content (AvgIpc) is 2.83. The van der Waals surface area contributed by atoms with Crippen molar-refractivity contribution in [3.63, 3.8) is 0 Å². The number of likely N-dealkylation sites (N-methyl/N-ethyl adjacent to an activating group) is 1. The van der Waals surface area contributed by atoms with Crippen molar-refractivity contribution in [2.24, 2.45) is 0 Å². The van der Waals surface area contributed by atoms with Gasteiger partial charge >= 0.3 is 0 Å². The zero-order valence-electron chi connectivity index (χ0n) is 15.7. The first-order valence-electron chi connectivity index (χ1n) is 9.37. The van der Waals surface area contributed by atoms with Crippen molar-refractivity contribution in [1.29, 1.82) is 0 Å². The maximum absolute atomic E-state index is 12.2. The lowest BCUT2D eigenvalue weighted by molar-refractivity contribution is 0.352. The molecule has 0 radical (unpaired) electrons. The summed E-state index contributed by atoms with van der Waals surface area (Å²) < 4.78 is 0. The van der Waals surface area contributed by atoms with E-state index in [-0.39, 0.29) is 5.56 Å². The predicted octanol–water partition coefficient (Wildman–Crippen LogP) is 1.71. The van der Waals surface area contributed by atoms with E-state index in [0.29, 0.717) is 24.2 Å². The van der Waals surface area contributed by atoms with E-state index in [9.17, 15) is 4.79 Å². The van der Waals surface area contributed by atoms with E-state index in [1.165, 1.54) is 5.56 Å². The minimum atomic E-state index is -0.0922. The van der Waals surface area contributed by atoms with Gasteiger partial charge in [0.1, 0.15) is 17.5 Å². The molecule has 0 bridgehead atoms. The molecule has 0 saturated carbocycles. The van der Waals surface area contributed by atoms with Crippen molar-refractivity contribution in [3.05, 3.63) is 57.5 Å². The molecule has 0 fully saturated rings. The smallest absolute Gasteiger partial charge is 0.258 e. The molecule has 0 spiro atoms. The van der Waals surface area contributed by atoms with Gasteiger partial charge in [0.2, 0.25) is 0 Å². The van der Waals surface area contributed by atoms with Crippen LogP contribution in [0.4, 0.5) is 5.82 Å². The number of aryl methyl sites for hydroxylation is 1. The number of H-pyrrole nitrogens is 1. The van der Waals surface area contributed by atoms with Gasteiger partial charge in [-0.05, 0) is 32.5 Å². The van der Waals surface area contributed by atoms with E-state index in [0.717, 1.165) is 48.8 Å². The van der Waals surface area contributed by atoms with Crippen molar-refractivity contribution in [2.45, 2.75) is 26.2 Å². The maximum atomic E-state index is 12.2. The molecule has 4 rings (SSSR count). The van der Waals surface area contributed by atoms with Gasteiger partial charge in [-0.15, -0.1) is 0 Å². The van der Waals surface area contributed by atoms with E-state index in [1.807, 2.05) is 25.1 Å². The van der Waals surface area contributed by atoms with Gasteiger partial charge in [0.05, 0.1) is 16.6 Å². The lowest BCUT2D eigenvalue weighted by Gasteiger charge is -2.14. The van der Waals surface area contributed by atoms with Crippen LogP contribution in [0, 0.1) is 6.92 Å². The number of hydrogen-bond acceptors (Lipinski definition) is 6. The number of nitrogens with one attached hydrogen (secondary N) is 2. The topological polar surface area (TPSA) is 86.8 Å². The summed E-state index contributed by atoms with van der Waals surface area (Å²) in [6, 6.07) is 7.40. The molecule has 2 aromatic heterocycles. The molecule has 1 aromatic carbocycles. The first kappa shape index (κ1) is 17.6. The number of hydrogen-bond donors (Lipinski definition) is 2. The summed E-state index contributed by atoms with van der Waals surface area (Å²) in [5.74, 6) is 2.39. The van der Waals surface area contributed by atoms with Crippen LogP contribution >= 0.6 is 0 Å². The minimum Gasteiger partial charge on any atom is -0.369 e. The summed E-state index contributed by atoms with van der Waals surface area (Å²) >= 11 is 0. The summed E-state index contributed by atoms with van der Waals surface area (Å²) in [5, 5.41) is 4.06. The monoisotopic (exact) mass is 364 g/mol. The molecule has 0 aliphatic carbocycles. The van der Waals surface area contributed by atoms with Crippen LogP contribution in [0.1, 0.15) is 22.9 Å². The maximum Gasteiger partial charge on any atom is 0.258 e. The van der Waals surface area contributed by atoms with Crippen LogP contribution in [-0.2, 0) is 19.3 Å². The second kappa shape index (κ2) is 7.44. The van der Waals surface area contributed by atoms with Crippen molar-refractivity contribution in [2.75, 3.05) is 32.0 Å². The van der Waals surface area contributed by atoms with Gasteiger partial charge in [-0.2, -0.15) is 0 Å². The number of rotatable bonds is 4. The standard InChI is InChI=1S/C20H24N6O/c1-13-22-17-9-12-26(2)11-8-14(17)19(23-13)21-10-7-18-24-16-6-4-3-5-15(16)20(27)25-18/h3-6H,7-12H2,1-2H3,(H,21,22,23)(H,24,25,27). The summed E-state index contributed by atoms with van der Waals surface area (Å²) in [4.78, 5) is 31.2. The lowest BCUT2D eigenvalue weighted by atomic mass is 10.1. The normalized spacial score (nSPS) is 14.7. The van der Waals surface area contributed by atoms with E-state index in [2.05, 4.69) is 37.2 Å². The number of para-hydroxylation sites is 1. The molecule has 7 heteroatoms. The van der Waals surface area contributed by atoms with Gasteiger partial charge in [-0.1, -0.05) is 12.1 Å². The van der Waals surface area contributed by atoms with Gasteiger partial charge in [0.25, 0.3) is 5.56 Å². The van der Waals surface area contributed by atoms with Crippen molar-refractivity contribution >= 4 is 16.7 Å². The molecule has 0 saturated heterocycles. The Morgan fingerprint density at radius 2 is 1.96 bits per heavy atom. The fraction of sp³-hybridized carbons (Fsp3) is 0.400. The van der Waals surface area contributed by atoms with Gasteiger partial charge in [-0.3, -0.25) is 4.79 Å². The van der Waals surface area contributed by atoms with Gasteiger partial charge < -0.3 is 15.2 Å². The second-order valence-corrected chi connectivity index (χ2v) is 7.05. The molecule has 140 valence electrons. The number of fused-ring (bicyclic) bond motifs is 2. The quantitative estimate of drug-likeness (QED) is 0.733. The third-order valence-electron chi connectivity index (χ3n) is 4.99. The molecule has 3 aromatic rings. The molecule has 0 atom stereocenters. The summed E-state index contributed by atoms with van der Waals surface area (Å²) in [5.41, 5.74) is 2.99. The van der Waals surface area contributed by atoms with Crippen LogP contribution in [0.2, 0.25) is 0 Å². The molecular weight excluding hydrogens is 340 g/mol. The molecule has 0 amide bonds. The van der Waals surface area contributed by atoms with E-state index in [4.69, 9.17) is 0 Å². The summed E-state index contributed by atoms with van der Waals surface area (Å²) in [6.07, 6.45) is 2.51. The van der Waals surface area contributed by atoms with E-state index < -0.39 is 0 Å². The Morgan fingerprint density at radius 3 is 2.85 bits per heavy atom. The largest absolute Gasteiger partial charge is 0.369 e. The molecule has 1 aliphatic heterocycles. The Bertz CT molecular complexity index is 1030. The van der Waals surface area contributed by atoms with Crippen LogP contribution in [-0.4, -0.2) is 51.5 Å². The Labute approximate surface area is 157 Å². The zero-order chi connectivity index (χ0) is 18.8. The Balaban J connectivity index is 1.51. The molecule has 7 nitrogen and oxygen atoms in total. The highest BCUT2D eigenvalue weighted by molar-refractivity contribution is 5.77. The molecule has 1 aliphatic rings. The predicted molar refractivity (Wildman–Crippen MR) is 106 cm³/mol. The van der Waals surface area contributed by atoms with Gasteiger partial charge in [0, 0.05) is 38.0 Å². The molecular formula is C20H24N6O. The molecule has 3 heterocycles. The van der Waals surface area contributed by atoms with Crippen LogP contribution in [0.15, 0.2) is 29.1 Å².